The third-order valence-corrected chi connectivity index (χ3v) is 4.07. The Hall–Kier alpha value is -4.25. The molecule has 0 radical (unpaired) electrons. The Morgan fingerprint density at radius 2 is 1.97 bits per heavy atom. The van der Waals surface area contributed by atoms with Crippen molar-refractivity contribution in [3.63, 3.8) is 0 Å². The molecule has 152 valence electrons. The monoisotopic (exact) mass is 405 g/mol. The van der Waals surface area contributed by atoms with Crippen LogP contribution in [0.15, 0.2) is 65.3 Å². The average molecular weight is 405 g/mol. The van der Waals surface area contributed by atoms with E-state index in [0.717, 1.165) is 5.56 Å². The van der Waals surface area contributed by atoms with Crippen molar-refractivity contribution in [2.45, 2.75) is 6.54 Å². The van der Waals surface area contributed by atoms with Gasteiger partial charge in [-0.1, -0.05) is 12.1 Å². The number of carbonyl (C=O) groups is 2. The van der Waals surface area contributed by atoms with Gasteiger partial charge in [0.25, 0.3) is 11.8 Å². The molecule has 1 heterocycles. The lowest BCUT2D eigenvalue weighted by Crippen LogP contribution is -2.28. The van der Waals surface area contributed by atoms with Gasteiger partial charge in [-0.15, -0.1) is 0 Å². The largest absolute Gasteiger partial charge is 0.493 e. The SMILES string of the molecule is COc1cc(C#N)ccc1OCC(=O)NCc1cccc(NC(=O)c2ccco2)c1. The number of rotatable bonds is 8. The predicted octanol–water partition coefficient (Wildman–Crippen LogP) is 3.11. The molecule has 8 heteroatoms. The summed E-state index contributed by atoms with van der Waals surface area (Å²) in [7, 11) is 1.46. The number of hydrogen-bond donors (Lipinski definition) is 2. The number of benzene rings is 2. The first-order chi connectivity index (χ1) is 14.6. The van der Waals surface area contributed by atoms with Crippen LogP contribution < -0.4 is 20.1 Å². The maximum atomic E-state index is 12.1. The molecule has 1 aromatic heterocycles. The van der Waals surface area contributed by atoms with Crippen LogP contribution in [0.2, 0.25) is 0 Å². The van der Waals surface area contributed by atoms with Crippen molar-refractivity contribution in [2.75, 3.05) is 19.0 Å². The van der Waals surface area contributed by atoms with E-state index in [0.29, 0.717) is 22.7 Å². The van der Waals surface area contributed by atoms with Crippen LogP contribution in [0.3, 0.4) is 0 Å². The zero-order valence-corrected chi connectivity index (χ0v) is 16.2. The fraction of sp³-hybridized carbons (Fsp3) is 0.136. The van der Waals surface area contributed by atoms with E-state index in [2.05, 4.69) is 10.6 Å². The molecule has 3 aromatic rings. The fourth-order valence-corrected chi connectivity index (χ4v) is 2.61. The third-order valence-electron chi connectivity index (χ3n) is 4.07. The number of nitrogens with one attached hydrogen (secondary N) is 2. The molecule has 2 amide bonds. The van der Waals surface area contributed by atoms with Crippen molar-refractivity contribution in [2.24, 2.45) is 0 Å². The quantitative estimate of drug-likeness (QED) is 0.595. The van der Waals surface area contributed by atoms with Gasteiger partial charge < -0.3 is 24.5 Å². The van der Waals surface area contributed by atoms with Crippen molar-refractivity contribution < 1.29 is 23.5 Å². The summed E-state index contributed by atoms with van der Waals surface area (Å²) in [6.07, 6.45) is 1.43. The zero-order chi connectivity index (χ0) is 21.3. The van der Waals surface area contributed by atoms with Gasteiger partial charge in [-0.05, 0) is 42.0 Å². The summed E-state index contributed by atoms with van der Waals surface area (Å²) in [5.74, 6) is 0.276. The Labute approximate surface area is 173 Å². The van der Waals surface area contributed by atoms with E-state index in [9.17, 15) is 9.59 Å². The maximum Gasteiger partial charge on any atom is 0.291 e. The van der Waals surface area contributed by atoms with Gasteiger partial charge >= 0.3 is 0 Å². The van der Waals surface area contributed by atoms with Gasteiger partial charge in [-0.3, -0.25) is 9.59 Å². The Bertz CT molecular complexity index is 1070. The predicted molar refractivity (Wildman–Crippen MR) is 108 cm³/mol. The molecule has 0 atom stereocenters. The number of anilines is 1. The van der Waals surface area contributed by atoms with Crippen LogP contribution >= 0.6 is 0 Å². The summed E-state index contributed by atoms with van der Waals surface area (Å²) in [5, 5.41) is 14.4. The van der Waals surface area contributed by atoms with E-state index in [4.69, 9.17) is 19.2 Å². The minimum Gasteiger partial charge on any atom is -0.493 e. The zero-order valence-electron chi connectivity index (χ0n) is 16.2. The van der Waals surface area contributed by atoms with Crippen molar-refractivity contribution >= 4 is 17.5 Å². The van der Waals surface area contributed by atoms with E-state index >= 15 is 0 Å². The van der Waals surface area contributed by atoms with Crippen LogP contribution in [0.5, 0.6) is 11.5 Å². The molecule has 0 saturated carbocycles. The van der Waals surface area contributed by atoms with E-state index in [1.165, 1.54) is 19.4 Å². The second-order valence-corrected chi connectivity index (χ2v) is 6.17. The van der Waals surface area contributed by atoms with Gasteiger partial charge in [0.15, 0.2) is 23.9 Å². The van der Waals surface area contributed by atoms with Crippen LogP contribution in [0, 0.1) is 11.3 Å². The van der Waals surface area contributed by atoms with Gasteiger partial charge in [0.2, 0.25) is 0 Å². The molecule has 2 N–H and O–H groups in total. The first kappa shape index (κ1) is 20.5. The van der Waals surface area contributed by atoms with Crippen molar-refractivity contribution in [1.82, 2.24) is 5.32 Å². The van der Waals surface area contributed by atoms with Crippen LogP contribution in [0.25, 0.3) is 0 Å². The highest BCUT2D eigenvalue weighted by atomic mass is 16.5. The van der Waals surface area contributed by atoms with Crippen molar-refractivity contribution in [3.8, 4) is 17.6 Å². The summed E-state index contributed by atoms with van der Waals surface area (Å²) >= 11 is 0. The number of methoxy groups -OCH3 is 1. The maximum absolute atomic E-state index is 12.1. The van der Waals surface area contributed by atoms with E-state index in [1.807, 2.05) is 12.1 Å². The number of nitrogens with zero attached hydrogens (tertiary/aromatic N) is 1. The summed E-state index contributed by atoms with van der Waals surface area (Å²) in [6.45, 7) is 0.0499. The number of nitriles is 1. The topological polar surface area (TPSA) is 114 Å². The summed E-state index contributed by atoms with van der Waals surface area (Å²) in [6, 6.07) is 17.0. The van der Waals surface area contributed by atoms with E-state index < -0.39 is 0 Å². The second kappa shape index (κ2) is 9.80. The molecule has 0 aliphatic rings. The summed E-state index contributed by atoms with van der Waals surface area (Å²) in [5.41, 5.74) is 1.82. The van der Waals surface area contributed by atoms with E-state index in [1.54, 1.807) is 42.5 Å². The summed E-state index contributed by atoms with van der Waals surface area (Å²) < 4.78 is 15.7. The Morgan fingerprint density at radius 3 is 2.70 bits per heavy atom. The molecule has 0 aliphatic heterocycles. The lowest BCUT2D eigenvalue weighted by molar-refractivity contribution is -0.123. The molecule has 8 nitrogen and oxygen atoms in total. The van der Waals surface area contributed by atoms with Gasteiger partial charge in [0.05, 0.1) is 25.0 Å². The van der Waals surface area contributed by atoms with Crippen molar-refractivity contribution in [1.29, 1.82) is 5.26 Å². The van der Waals surface area contributed by atoms with Gasteiger partial charge in [-0.25, -0.2) is 0 Å². The highest BCUT2D eigenvalue weighted by molar-refractivity contribution is 6.02. The lowest BCUT2D eigenvalue weighted by atomic mass is 10.2. The number of ether oxygens (including phenoxy) is 2. The number of carbonyl (C=O) groups excluding carboxylic acids is 2. The standard InChI is InChI=1S/C22H19N3O5/c1-28-20-11-15(12-23)7-8-18(20)30-14-21(26)24-13-16-4-2-5-17(10-16)25-22(27)19-6-3-9-29-19/h2-11H,13-14H2,1H3,(H,24,26)(H,25,27). The fourth-order valence-electron chi connectivity index (χ4n) is 2.61. The van der Waals surface area contributed by atoms with Gasteiger partial charge in [-0.2, -0.15) is 5.26 Å². The third kappa shape index (κ3) is 5.39. The van der Waals surface area contributed by atoms with Crippen LogP contribution in [0.4, 0.5) is 5.69 Å². The molecule has 0 fully saturated rings. The Morgan fingerprint density at radius 1 is 1.10 bits per heavy atom. The van der Waals surface area contributed by atoms with Crippen LogP contribution in [-0.2, 0) is 11.3 Å². The first-order valence-corrected chi connectivity index (χ1v) is 9.00. The highest BCUT2D eigenvalue weighted by Crippen LogP contribution is 2.27. The normalized spacial score (nSPS) is 10.0. The minimum absolute atomic E-state index is 0.211. The minimum atomic E-state index is -0.356. The molecule has 0 spiro atoms. The Balaban J connectivity index is 1.51. The highest BCUT2D eigenvalue weighted by Gasteiger charge is 2.10. The summed E-state index contributed by atoms with van der Waals surface area (Å²) in [4.78, 5) is 24.2. The lowest BCUT2D eigenvalue weighted by Gasteiger charge is -2.11. The molecule has 0 unspecified atom stereocenters. The molecule has 30 heavy (non-hydrogen) atoms. The van der Waals surface area contributed by atoms with Crippen molar-refractivity contribution in [3.05, 3.63) is 77.7 Å². The van der Waals surface area contributed by atoms with Gasteiger partial charge in [0, 0.05) is 18.3 Å². The number of hydrogen-bond acceptors (Lipinski definition) is 6. The Kier molecular flexibility index (Phi) is 6.69. The molecule has 3 rings (SSSR count). The molecule has 2 aromatic carbocycles. The molecular formula is C22H19N3O5. The molecule has 0 bridgehead atoms. The number of furan rings is 1. The van der Waals surface area contributed by atoms with Crippen LogP contribution in [-0.4, -0.2) is 25.5 Å². The number of amides is 2. The molecule has 0 saturated heterocycles. The first-order valence-electron chi connectivity index (χ1n) is 9.00. The molecular weight excluding hydrogens is 386 g/mol. The smallest absolute Gasteiger partial charge is 0.291 e. The van der Waals surface area contributed by atoms with Gasteiger partial charge in [0.1, 0.15) is 0 Å². The second-order valence-electron chi connectivity index (χ2n) is 6.17. The van der Waals surface area contributed by atoms with Crippen LogP contribution in [0.1, 0.15) is 21.7 Å². The average Bonchev–Trinajstić information content (AvgIpc) is 3.31. The van der Waals surface area contributed by atoms with E-state index in [-0.39, 0.29) is 30.7 Å². The molecule has 0 aliphatic carbocycles.